The van der Waals surface area contributed by atoms with E-state index in [9.17, 15) is 0 Å². The predicted molar refractivity (Wildman–Crippen MR) is 41.8 cm³/mol. The van der Waals surface area contributed by atoms with E-state index in [0.29, 0.717) is 11.8 Å². The van der Waals surface area contributed by atoms with Crippen LogP contribution in [0.25, 0.3) is 0 Å². The molecule has 0 aromatic heterocycles. The van der Waals surface area contributed by atoms with Gasteiger partial charge in [0.1, 0.15) is 0 Å². The summed E-state index contributed by atoms with van der Waals surface area (Å²) < 4.78 is 0. The summed E-state index contributed by atoms with van der Waals surface area (Å²) in [6.07, 6.45) is 5.13. The van der Waals surface area contributed by atoms with E-state index in [2.05, 4.69) is 0 Å². The van der Waals surface area contributed by atoms with Crippen molar-refractivity contribution >= 4 is 0 Å². The Labute approximate surface area is 67.2 Å². The molecule has 64 valence electrons. The van der Waals surface area contributed by atoms with Gasteiger partial charge in [0, 0.05) is 5.92 Å². The lowest BCUT2D eigenvalue weighted by Crippen LogP contribution is -2.33. The van der Waals surface area contributed by atoms with Crippen molar-refractivity contribution in [2.24, 2.45) is 17.8 Å². The lowest BCUT2D eigenvalue weighted by molar-refractivity contribution is -0.117. The van der Waals surface area contributed by atoms with Gasteiger partial charge in [-0.2, -0.15) is 0 Å². The van der Waals surface area contributed by atoms with Crippen LogP contribution in [0.5, 0.6) is 0 Å². The van der Waals surface area contributed by atoms with Crippen LogP contribution in [0, 0.1) is 17.8 Å². The highest BCUT2D eigenvalue weighted by Crippen LogP contribution is 2.47. The molecular weight excluding hydrogens is 140 g/mol. The normalized spacial score (nSPS) is 28.6. The Morgan fingerprint density at radius 1 is 0.909 bits per heavy atom. The maximum Gasteiger partial charge on any atom is 0.154 e. The van der Waals surface area contributed by atoms with Crippen molar-refractivity contribution in [1.29, 1.82) is 0 Å². The van der Waals surface area contributed by atoms with Gasteiger partial charge in [-0.05, 0) is 37.5 Å². The molecule has 2 heteroatoms. The molecule has 0 amide bonds. The summed E-state index contributed by atoms with van der Waals surface area (Å²) >= 11 is 0. The number of aliphatic hydroxyl groups excluding tert-OH is 1. The average molecular weight is 156 g/mol. The van der Waals surface area contributed by atoms with Gasteiger partial charge >= 0.3 is 0 Å². The van der Waals surface area contributed by atoms with Gasteiger partial charge < -0.3 is 10.2 Å². The summed E-state index contributed by atoms with van der Waals surface area (Å²) in [5.74, 6) is 1.48. The molecule has 0 saturated heterocycles. The minimum atomic E-state index is -1.05. The molecule has 2 rings (SSSR count). The zero-order valence-electron chi connectivity index (χ0n) is 6.74. The first-order chi connectivity index (χ1) is 5.29. The second-order valence-corrected chi connectivity index (χ2v) is 4.02. The molecule has 0 aliphatic heterocycles. The summed E-state index contributed by atoms with van der Waals surface area (Å²) in [5.41, 5.74) is 0. The molecule has 1 atom stereocenters. The Hall–Kier alpha value is -0.0800. The van der Waals surface area contributed by atoms with Crippen LogP contribution >= 0.6 is 0 Å². The van der Waals surface area contributed by atoms with Crippen molar-refractivity contribution in [3.05, 3.63) is 0 Å². The molecular formula is C9H16O2. The Balaban J connectivity index is 1.91. The van der Waals surface area contributed by atoms with Gasteiger partial charge in [0.15, 0.2) is 6.29 Å². The Morgan fingerprint density at radius 3 is 1.73 bits per heavy atom. The topological polar surface area (TPSA) is 40.5 Å². The van der Waals surface area contributed by atoms with Crippen molar-refractivity contribution in [3.63, 3.8) is 0 Å². The van der Waals surface area contributed by atoms with Gasteiger partial charge in [-0.3, -0.25) is 0 Å². The molecule has 0 spiro atoms. The van der Waals surface area contributed by atoms with Gasteiger partial charge in [0.2, 0.25) is 0 Å². The van der Waals surface area contributed by atoms with Crippen LogP contribution in [0.2, 0.25) is 0 Å². The lowest BCUT2D eigenvalue weighted by atomic mass is 9.73. The monoisotopic (exact) mass is 156 g/mol. The van der Waals surface area contributed by atoms with Crippen molar-refractivity contribution in [1.82, 2.24) is 0 Å². The van der Waals surface area contributed by atoms with E-state index < -0.39 is 6.29 Å². The first-order valence-electron chi connectivity index (χ1n) is 4.65. The molecule has 2 aliphatic carbocycles. The van der Waals surface area contributed by atoms with Gasteiger partial charge in [-0.1, -0.05) is 6.42 Å². The lowest BCUT2D eigenvalue weighted by Gasteiger charge is -2.34. The number of hydrogen-bond donors (Lipinski definition) is 2. The van der Waals surface area contributed by atoms with Crippen molar-refractivity contribution in [2.45, 2.75) is 38.4 Å². The van der Waals surface area contributed by atoms with E-state index >= 15 is 0 Å². The van der Waals surface area contributed by atoms with Gasteiger partial charge in [0.25, 0.3) is 0 Å². The maximum atomic E-state index is 9.11. The number of rotatable bonds is 3. The fourth-order valence-corrected chi connectivity index (χ4v) is 2.18. The summed E-state index contributed by atoms with van der Waals surface area (Å²) in [6.45, 7) is 0. The van der Waals surface area contributed by atoms with Gasteiger partial charge in [-0.15, -0.1) is 0 Å². The van der Waals surface area contributed by atoms with Crippen LogP contribution < -0.4 is 0 Å². The molecule has 0 bridgehead atoms. The zero-order chi connectivity index (χ0) is 7.84. The highest BCUT2D eigenvalue weighted by Gasteiger charge is 2.42. The van der Waals surface area contributed by atoms with Gasteiger partial charge in [-0.25, -0.2) is 0 Å². The summed E-state index contributed by atoms with van der Waals surface area (Å²) in [7, 11) is 0. The van der Waals surface area contributed by atoms with Crippen LogP contribution in [-0.2, 0) is 0 Å². The van der Waals surface area contributed by atoms with Crippen molar-refractivity contribution < 1.29 is 10.2 Å². The predicted octanol–water partition coefficient (Wildman–Crippen LogP) is 1.12. The molecule has 1 unspecified atom stereocenters. The smallest absolute Gasteiger partial charge is 0.154 e. The minimum Gasteiger partial charge on any atom is -0.368 e. The fraction of sp³-hybridized carbons (Fsp3) is 1.00. The maximum absolute atomic E-state index is 9.11. The van der Waals surface area contributed by atoms with Crippen LogP contribution in [0.4, 0.5) is 0 Å². The standard InChI is InChI=1S/C9H16O2/c10-9(11)8(7-4-5-7)6-2-1-3-6/h6-11H,1-5H2. The zero-order valence-corrected chi connectivity index (χ0v) is 6.74. The van der Waals surface area contributed by atoms with Crippen LogP contribution in [0.3, 0.4) is 0 Å². The Morgan fingerprint density at radius 2 is 1.45 bits per heavy atom. The molecule has 0 heterocycles. The van der Waals surface area contributed by atoms with Crippen molar-refractivity contribution in [2.75, 3.05) is 0 Å². The Bertz CT molecular complexity index is 134. The molecule has 2 saturated carbocycles. The highest BCUT2D eigenvalue weighted by molar-refractivity contribution is 4.89. The molecule has 2 fully saturated rings. The molecule has 2 aliphatic rings. The second-order valence-electron chi connectivity index (χ2n) is 4.02. The SMILES string of the molecule is OC(O)C(C1CCC1)C1CC1. The van der Waals surface area contributed by atoms with E-state index in [1.165, 1.54) is 32.1 Å². The quantitative estimate of drug-likeness (QED) is 0.601. The number of aliphatic hydroxyl groups is 2. The first-order valence-corrected chi connectivity index (χ1v) is 4.65. The molecule has 2 N–H and O–H groups in total. The summed E-state index contributed by atoms with van der Waals surface area (Å²) in [5, 5.41) is 18.2. The van der Waals surface area contributed by atoms with E-state index in [0.717, 1.165) is 0 Å². The number of hydrogen-bond acceptors (Lipinski definition) is 2. The van der Waals surface area contributed by atoms with E-state index in [4.69, 9.17) is 10.2 Å². The minimum absolute atomic E-state index is 0.212. The van der Waals surface area contributed by atoms with E-state index in [1.54, 1.807) is 0 Å². The van der Waals surface area contributed by atoms with E-state index in [1.807, 2.05) is 0 Å². The third-order valence-corrected chi connectivity index (χ3v) is 3.20. The second kappa shape index (κ2) is 2.76. The fourth-order valence-electron chi connectivity index (χ4n) is 2.18. The molecule has 2 nitrogen and oxygen atoms in total. The molecule has 0 radical (unpaired) electrons. The highest BCUT2D eigenvalue weighted by atomic mass is 16.5. The van der Waals surface area contributed by atoms with Gasteiger partial charge in [0.05, 0.1) is 0 Å². The largest absolute Gasteiger partial charge is 0.368 e. The molecule has 0 aromatic rings. The first kappa shape index (κ1) is 7.56. The van der Waals surface area contributed by atoms with Crippen molar-refractivity contribution in [3.8, 4) is 0 Å². The Kier molecular flexibility index (Phi) is 1.90. The van der Waals surface area contributed by atoms with Crippen LogP contribution in [-0.4, -0.2) is 16.5 Å². The van der Waals surface area contributed by atoms with E-state index in [-0.39, 0.29) is 5.92 Å². The summed E-state index contributed by atoms with van der Waals surface area (Å²) in [4.78, 5) is 0. The summed E-state index contributed by atoms with van der Waals surface area (Å²) in [6, 6.07) is 0. The third kappa shape index (κ3) is 1.42. The third-order valence-electron chi connectivity index (χ3n) is 3.20. The van der Waals surface area contributed by atoms with Crippen LogP contribution in [0.1, 0.15) is 32.1 Å². The average Bonchev–Trinajstić information content (AvgIpc) is 2.58. The van der Waals surface area contributed by atoms with Crippen LogP contribution in [0.15, 0.2) is 0 Å². The molecule has 11 heavy (non-hydrogen) atoms. The molecule has 0 aromatic carbocycles.